The smallest absolute Gasteiger partial charge is 0.150 e. The van der Waals surface area contributed by atoms with E-state index in [1.807, 2.05) is 0 Å². The highest BCUT2D eigenvalue weighted by Crippen LogP contribution is 2.33. The van der Waals surface area contributed by atoms with Gasteiger partial charge in [-0.2, -0.15) is 0 Å². The maximum absolute atomic E-state index is 13.8. The van der Waals surface area contributed by atoms with Crippen LogP contribution in [0.2, 0.25) is 0 Å². The zero-order valence-corrected chi connectivity index (χ0v) is 9.68. The van der Waals surface area contributed by atoms with Gasteiger partial charge in [0.05, 0.1) is 7.11 Å². The summed E-state index contributed by atoms with van der Waals surface area (Å²) in [7, 11) is 1.47. The minimum Gasteiger partial charge on any atom is -0.508 e. The Balaban J connectivity index is 2.64. The molecule has 0 aliphatic rings. The quantitative estimate of drug-likeness (QED) is 0.847. The number of hydrogen-bond acceptors (Lipinski definition) is 3. The molecule has 0 fully saturated rings. The van der Waals surface area contributed by atoms with E-state index in [4.69, 9.17) is 4.74 Å². The Kier molecular flexibility index (Phi) is 3.28. The Morgan fingerprint density at radius 3 is 2.56 bits per heavy atom. The van der Waals surface area contributed by atoms with E-state index in [0.29, 0.717) is 23.2 Å². The summed E-state index contributed by atoms with van der Waals surface area (Å²) in [5.41, 5.74) is 1.17. The minimum absolute atomic E-state index is 0.151. The first-order valence-corrected chi connectivity index (χ1v) is 5.28. The highest BCUT2D eigenvalue weighted by Gasteiger charge is 2.12. The molecule has 0 saturated carbocycles. The lowest BCUT2D eigenvalue weighted by molar-refractivity contribution is 0.112. The van der Waals surface area contributed by atoms with E-state index in [1.54, 1.807) is 18.2 Å². The molecule has 3 nitrogen and oxygen atoms in total. The van der Waals surface area contributed by atoms with E-state index >= 15 is 0 Å². The van der Waals surface area contributed by atoms with Crippen LogP contribution in [0, 0.1) is 5.82 Å². The molecule has 0 radical (unpaired) electrons. The molecule has 0 spiro atoms. The Bertz CT molecular complexity index is 594. The van der Waals surface area contributed by atoms with Crippen LogP contribution < -0.4 is 4.74 Å². The van der Waals surface area contributed by atoms with Gasteiger partial charge in [0.1, 0.15) is 23.6 Å². The number of ether oxygens (including phenoxy) is 1. The zero-order chi connectivity index (χ0) is 13.1. The molecule has 0 heterocycles. The number of carbonyl (C=O) groups is 1. The fourth-order valence-electron chi connectivity index (χ4n) is 1.73. The number of rotatable bonds is 3. The van der Waals surface area contributed by atoms with Crippen LogP contribution in [0.5, 0.6) is 11.5 Å². The van der Waals surface area contributed by atoms with Crippen LogP contribution in [0.1, 0.15) is 10.4 Å². The monoisotopic (exact) mass is 246 g/mol. The van der Waals surface area contributed by atoms with Crippen molar-refractivity contribution < 1.29 is 19.0 Å². The van der Waals surface area contributed by atoms with Crippen LogP contribution in [0.3, 0.4) is 0 Å². The fraction of sp³-hybridized carbons (Fsp3) is 0.0714. The van der Waals surface area contributed by atoms with Gasteiger partial charge in [-0.1, -0.05) is 0 Å². The van der Waals surface area contributed by atoms with Crippen molar-refractivity contribution in [3.63, 3.8) is 0 Å². The van der Waals surface area contributed by atoms with E-state index in [1.165, 1.54) is 19.2 Å². The molecule has 0 aromatic heterocycles. The summed E-state index contributed by atoms with van der Waals surface area (Å²) < 4.78 is 18.9. The number of aromatic hydroxyl groups is 1. The lowest BCUT2D eigenvalue weighted by Gasteiger charge is -2.10. The summed E-state index contributed by atoms with van der Waals surface area (Å²) in [6, 6.07) is 8.57. The standard InChI is InChI=1S/C14H11FO3/c1-18-14-5-2-9(8-16)6-12(14)11-4-3-10(17)7-13(11)15/h2-8,17H,1H3. The van der Waals surface area contributed by atoms with Crippen LogP contribution in [-0.2, 0) is 0 Å². The number of methoxy groups -OCH3 is 1. The van der Waals surface area contributed by atoms with Crippen LogP contribution >= 0.6 is 0 Å². The van der Waals surface area contributed by atoms with E-state index in [9.17, 15) is 14.3 Å². The summed E-state index contributed by atoms with van der Waals surface area (Å²) in [5.74, 6) is -0.261. The Morgan fingerprint density at radius 2 is 1.94 bits per heavy atom. The van der Waals surface area contributed by atoms with Crippen molar-refractivity contribution in [2.24, 2.45) is 0 Å². The van der Waals surface area contributed by atoms with Crippen molar-refractivity contribution in [1.82, 2.24) is 0 Å². The Hall–Kier alpha value is -2.36. The number of carbonyl (C=O) groups excluding carboxylic acids is 1. The second-order valence-electron chi connectivity index (χ2n) is 3.74. The fourth-order valence-corrected chi connectivity index (χ4v) is 1.73. The number of aldehydes is 1. The summed E-state index contributed by atoms with van der Waals surface area (Å²) in [4.78, 5) is 10.8. The average molecular weight is 246 g/mol. The number of benzene rings is 2. The van der Waals surface area contributed by atoms with Gasteiger partial charge >= 0.3 is 0 Å². The van der Waals surface area contributed by atoms with Gasteiger partial charge in [-0.15, -0.1) is 0 Å². The van der Waals surface area contributed by atoms with Crippen molar-refractivity contribution in [3.8, 4) is 22.6 Å². The SMILES string of the molecule is COc1ccc(C=O)cc1-c1ccc(O)cc1F. The van der Waals surface area contributed by atoms with Gasteiger partial charge in [0.2, 0.25) is 0 Å². The molecule has 18 heavy (non-hydrogen) atoms. The molecule has 4 heteroatoms. The lowest BCUT2D eigenvalue weighted by atomic mass is 10.0. The maximum atomic E-state index is 13.8. The summed E-state index contributed by atoms with van der Waals surface area (Å²) in [6.07, 6.45) is 0.682. The average Bonchev–Trinajstić information content (AvgIpc) is 2.38. The first-order valence-electron chi connectivity index (χ1n) is 5.28. The highest BCUT2D eigenvalue weighted by atomic mass is 19.1. The molecule has 2 rings (SSSR count). The molecule has 1 N–H and O–H groups in total. The van der Waals surface area contributed by atoms with Gasteiger partial charge in [0.15, 0.2) is 0 Å². The number of phenolic OH excluding ortho intramolecular Hbond substituents is 1. The van der Waals surface area contributed by atoms with Crippen molar-refractivity contribution in [2.45, 2.75) is 0 Å². The van der Waals surface area contributed by atoms with Crippen LogP contribution in [0.25, 0.3) is 11.1 Å². The molecular formula is C14H11FO3. The largest absolute Gasteiger partial charge is 0.508 e. The third-order valence-electron chi connectivity index (χ3n) is 2.60. The topological polar surface area (TPSA) is 46.5 Å². The van der Waals surface area contributed by atoms with Crippen molar-refractivity contribution >= 4 is 6.29 Å². The maximum Gasteiger partial charge on any atom is 0.150 e. The number of phenols is 1. The van der Waals surface area contributed by atoms with Crippen LogP contribution in [-0.4, -0.2) is 18.5 Å². The normalized spacial score (nSPS) is 10.1. The lowest BCUT2D eigenvalue weighted by Crippen LogP contribution is -1.92. The molecule has 0 aliphatic heterocycles. The molecule has 2 aromatic carbocycles. The summed E-state index contributed by atoms with van der Waals surface area (Å²) in [5, 5.41) is 9.18. The molecule has 0 unspecified atom stereocenters. The third kappa shape index (κ3) is 2.18. The van der Waals surface area contributed by atoms with Crippen LogP contribution in [0.15, 0.2) is 36.4 Å². The Labute approximate surface area is 103 Å². The van der Waals surface area contributed by atoms with Gasteiger partial charge in [0.25, 0.3) is 0 Å². The van der Waals surface area contributed by atoms with E-state index in [2.05, 4.69) is 0 Å². The van der Waals surface area contributed by atoms with Gasteiger partial charge in [-0.3, -0.25) is 4.79 Å². The second kappa shape index (κ2) is 4.87. The molecule has 0 amide bonds. The molecule has 0 bridgehead atoms. The van der Waals surface area contributed by atoms with Gasteiger partial charge < -0.3 is 9.84 Å². The molecule has 0 aliphatic carbocycles. The van der Waals surface area contributed by atoms with Crippen molar-refractivity contribution in [2.75, 3.05) is 7.11 Å². The number of hydrogen-bond donors (Lipinski definition) is 1. The van der Waals surface area contributed by atoms with Gasteiger partial charge in [-0.05, 0) is 30.3 Å². The Morgan fingerprint density at radius 1 is 1.17 bits per heavy atom. The first-order chi connectivity index (χ1) is 8.65. The molecular weight excluding hydrogens is 235 g/mol. The highest BCUT2D eigenvalue weighted by molar-refractivity contribution is 5.81. The minimum atomic E-state index is -0.573. The number of halogens is 1. The third-order valence-corrected chi connectivity index (χ3v) is 2.60. The molecule has 92 valence electrons. The van der Waals surface area contributed by atoms with Gasteiger partial charge in [0, 0.05) is 22.8 Å². The van der Waals surface area contributed by atoms with E-state index in [0.717, 1.165) is 6.07 Å². The predicted molar refractivity (Wildman–Crippen MR) is 65.4 cm³/mol. The zero-order valence-electron chi connectivity index (χ0n) is 9.68. The molecule has 0 atom stereocenters. The second-order valence-corrected chi connectivity index (χ2v) is 3.74. The first kappa shape index (κ1) is 12.1. The predicted octanol–water partition coefficient (Wildman–Crippen LogP) is 3.02. The summed E-state index contributed by atoms with van der Waals surface area (Å²) >= 11 is 0. The summed E-state index contributed by atoms with van der Waals surface area (Å²) in [6.45, 7) is 0. The molecule has 2 aromatic rings. The van der Waals surface area contributed by atoms with Crippen molar-refractivity contribution in [3.05, 3.63) is 47.8 Å². The van der Waals surface area contributed by atoms with E-state index < -0.39 is 5.82 Å². The molecule has 0 saturated heterocycles. The van der Waals surface area contributed by atoms with Crippen molar-refractivity contribution in [1.29, 1.82) is 0 Å². The van der Waals surface area contributed by atoms with E-state index in [-0.39, 0.29) is 11.3 Å². The van der Waals surface area contributed by atoms with Gasteiger partial charge in [-0.25, -0.2) is 4.39 Å². The van der Waals surface area contributed by atoms with Crippen LogP contribution in [0.4, 0.5) is 4.39 Å².